The molecular weight excluding hydrogens is 654 g/mol. The smallest absolute Gasteiger partial charge is 0.306 e. The minimum Gasteiger partial charge on any atom is -0.544 e. The Morgan fingerprint density at radius 3 is 1.52 bits per heavy atom. The molecular formula is C44H65NO7. The quantitative estimate of drug-likeness (QED) is 0.0320. The molecule has 0 radical (unpaired) electrons. The van der Waals surface area contributed by atoms with Gasteiger partial charge in [-0.05, 0) is 44.9 Å². The molecule has 0 aromatic heterocycles. The molecule has 2 unspecified atom stereocenters. The Bertz CT molecular complexity index is 1260. The van der Waals surface area contributed by atoms with Gasteiger partial charge in [0.2, 0.25) is 0 Å². The van der Waals surface area contributed by atoms with Crippen LogP contribution in [0.5, 0.6) is 0 Å². The molecule has 52 heavy (non-hydrogen) atoms. The lowest BCUT2D eigenvalue weighted by atomic mass is 10.1. The average molecular weight is 720 g/mol. The molecule has 288 valence electrons. The van der Waals surface area contributed by atoms with Gasteiger partial charge in [-0.3, -0.25) is 9.59 Å². The summed E-state index contributed by atoms with van der Waals surface area (Å²) in [5, 5.41) is 11.6. The summed E-state index contributed by atoms with van der Waals surface area (Å²) >= 11 is 0. The minimum absolute atomic E-state index is 0.0121. The summed E-state index contributed by atoms with van der Waals surface area (Å²) in [6.07, 6.45) is 46.7. The number of unbranched alkanes of at least 4 members (excludes halogenated alkanes) is 4. The Balaban J connectivity index is 4.68. The number of carbonyl (C=O) groups is 3. The number of carbonyl (C=O) groups excluding carboxylic acids is 3. The summed E-state index contributed by atoms with van der Waals surface area (Å²) in [7, 11) is 5.33. The van der Waals surface area contributed by atoms with E-state index in [0.29, 0.717) is 19.3 Å². The number of aliphatic carboxylic acids is 1. The predicted molar refractivity (Wildman–Crippen MR) is 212 cm³/mol. The third-order valence-electron chi connectivity index (χ3n) is 7.35. The van der Waals surface area contributed by atoms with Crippen LogP contribution in [0.25, 0.3) is 0 Å². The lowest BCUT2D eigenvalue weighted by Crippen LogP contribution is -2.55. The SMILES string of the molecule is CC/C=C/C=C/C=C/C=C/C=C/CCCCCC(=O)OCC(COCCC(C(=O)[O-])[N+](C)(C)C)OC(=O)CCC/C=C/C=C/C=C/C=C/C=C/CC. The maximum atomic E-state index is 12.6. The largest absolute Gasteiger partial charge is 0.544 e. The van der Waals surface area contributed by atoms with E-state index in [-0.39, 0.29) is 49.5 Å². The molecule has 0 aliphatic carbocycles. The molecule has 0 amide bonds. The average Bonchev–Trinajstić information content (AvgIpc) is 3.09. The van der Waals surface area contributed by atoms with E-state index < -0.39 is 24.1 Å². The first-order chi connectivity index (χ1) is 25.1. The van der Waals surface area contributed by atoms with E-state index in [0.717, 1.165) is 32.1 Å². The van der Waals surface area contributed by atoms with Gasteiger partial charge in [-0.1, -0.05) is 142 Å². The maximum Gasteiger partial charge on any atom is 0.306 e. The molecule has 0 saturated heterocycles. The van der Waals surface area contributed by atoms with Crippen molar-refractivity contribution >= 4 is 17.9 Å². The van der Waals surface area contributed by atoms with E-state index in [9.17, 15) is 19.5 Å². The number of allylic oxidation sites excluding steroid dienone is 20. The second-order valence-corrected chi connectivity index (χ2v) is 12.9. The molecule has 0 rings (SSSR count). The van der Waals surface area contributed by atoms with Crippen molar-refractivity contribution in [2.45, 2.75) is 96.6 Å². The van der Waals surface area contributed by atoms with Gasteiger partial charge in [-0.2, -0.15) is 0 Å². The molecule has 0 spiro atoms. The third-order valence-corrected chi connectivity index (χ3v) is 7.35. The summed E-state index contributed by atoms with van der Waals surface area (Å²) in [5.74, 6) is -1.92. The van der Waals surface area contributed by atoms with Crippen molar-refractivity contribution in [2.24, 2.45) is 0 Å². The normalized spacial score (nSPS) is 14.4. The van der Waals surface area contributed by atoms with Gasteiger partial charge in [0.15, 0.2) is 6.10 Å². The maximum absolute atomic E-state index is 12.6. The zero-order valence-electron chi connectivity index (χ0n) is 32.4. The standard InChI is InChI=1S/C44H65NO7/c1-6-8-10-12-14-16-18-20-21-23-24-26-28-30-32-34-42(46)51-39-40(38-50-37-36-41(44(48)49)45(3,4)5)52-43(47)35-33-31-29-27-25-22-19-17-15-13-11-9-7-2/h8-25,27,29,40-41H,6-7,26,28,30-39H2,1-5H3/b10-8+,11-9+,14-12+,15-13+,18-16+,19-17+,21-20+,24-23+,25-22+,29-27+. The first kappa shape index (κ1) is 47.7. The highest BCUT2D eigenvalue weighted by Crippen LogP contribution is 2.10. The van der Waals surface area contributed by atoms with E-state index in [1.807, 2.05) is 103 Å². The van der Waals surface area contributed by atoms with Crippen LogP contribution in [0.2, 0.25) is 0 Å². The van der Waals surface area contributed by atoms with E-state index >= 15 is 0 Å². The molecule has 2 atom stereocenters. The van der Waals surface area contributed by atoms with Crippen LogP contribution in [-0.4, -0.2) is 75.5 Å². The first-order valence-electron chi connectivity index (χ1n) is 18.7. The lowest BCUT2D eigenvalue weighted by Gasteiger charge is -2.34. The summed E-state index contributed by atoms with van der Waals surface area (Å²) in [5.41, 5.74) is 0. The van der Waals surface area contributed by atoms with Crippen LogP contribution in [0.15, 0.2) is 122 Å². The third kappa shape index (κ3) is 31.7. The van der Waals surface area contributed by atoms with Gasteiger partial charge in [0.25, 0.3) is 0 Å². The van der Waals surface area contributed by atoms with Crippen LogP contribution in [-0.2, 0) is 28.6 Å². The van der Waals surface area contributed by atoms with Crippen LogP contribution in [0.3, 0.4) is 0 Å². The summed E-state index contributed by atoms with van der Waals surface area (Å²) in [6, 6.07) is -0.753. The lowest BCUT2D eigenvalue weighted by molar-refractivity contribution is -0.889. The number of quaternary nitrogens is 1. The number of carboxylic acids is 1. The van der Waals surface area contributed by atoms with Crippen molar-refractivity contribution in [3.63, 3.8) is 0 Å². The molecule has 0 N–H and O–H groups in total. The van der Waals surface area contributed by atoms with Gasteiger partial charge in [0.05, 0.1) is 40.3 Å². The van der Waals surface area contributed by atoms with Gasteiger partial charge in [0, 0.05) is 19.3 Å². The Morgan fingerprint density at radius 2 is 1.04 bits per heavy atom. The molecule has 0 aliphatic heterocycles. The topological polar surface area (TPSA) is 102 Å². The van der Waals surface area contributed by atoms with Gasteiger partial charge in [-0.25, -0.2) is 0 Å². The number of esters is 2. The first-order valence-corrected chi connectivity index (χ1v) is 18.7. The van der Waals surface area contributed by atoms with Crippen molar-refractivity contribution in [3.05, 3.63) is 122 Å². The van der Waals surface area contributed by atoms with Crippen LogP contribution < -0.4 is 5.11 Å². The van der Waals surface area contributed by atoms with E-state index in [4.69, 9.17) is 14.2 Å². The Morgan fingerprint density at radius 1 is 0.577 bits per heavy atom. The fraction of sp³-hybridized carbons (Fsp3) is 0.477. The Labute approximate surface area is 314 Å². The number of carboxylic acid groups (broad SMARTS) is 1. The molecule has 0 fully saturated rings. The molecule has 0 aliphatic rings. The zero-order chi connectivity index (χ0) is 38.5. The van der Waals surface area contributed by atoms with Crippen LogP contribution in [0, 0.1) is 0 Å². The predicted octanol–water partition coefficient (Wildman–Crippen LogP) is 8.18. The highest BCUT2D eigenvalue weighted by Gasteiger charge is 2.25. The van der Waals surface area contributed by atoms with Gasteiger partial charge >= 0.3 is 11.9 Å². The van der Waals surface area contributed by atoms with Gasteiger partial charge < -0.3 is 28.6 Å². The Hall–Kier alpha value is -4.27. The van der Waals surface area contributed by atoms with Gasteiger partial charge in [0.1, 0.15) is 12.6 Å². The number of ether oxygens (including phenoxy) is 3. The van der Waals surface area contributed by atoms with Crippen molar-refractivity contribution in [3.8, 4) is 0 Å². The van der Waals surface area contributed by atoms with Crippen LogP contribution in [0.1, 0.15) is 84.5 Å². The number of rotatable bonds is 30. The second-order valence-electron chi connectivity index (χ2n) is 12.9. The van der Waals surface area contributed by atoms with E-state index in [1.54, 1.807) is 21.1 Å². The van der Waals surface area contributed by atoms with Gasteiger partial charge in [-0.15, -0.1) is 0 Å². The fourth-order valence-corrected chi connectivity index (χ4v) is 4.47. The molecule has 0 aromatic rings. The van der Waals surface area contributed by atoms with Crippen molar-refractivity contribution in [1.29, 1.82) is 0 Å². The Kier molecular flexibility index (Phi) is 31.1. The van der Waals surface area contributed by atoms with E-state index in [1.165, 1.54) is 0 Å². The monoisotopic (exact) mass is 719 g/mol. The molecule has 0 saturated carbocycles. The van der Waals surface area contributed by atoms with Crippen molar-refractivity contribution in [2.75, 3.05) is 41.0 Å². The fourth-order valence-electron chi connectivity index (χ4n) is 4.47. The van der Waals surface area contributed by atoms with Crippen LogP contribution >= 0.6 is 0 Å². The number of likely N-dealkylation sites (N-methyl/N-ethyl adjacent to an activating group) is 1. The number of hydrogen-bond donors (Lipinski definition) is 0. The summed E-state index contributed by atoms with van der Waals surface area (Å²) in [6.45, 7) is 4.19. The molecule has 8 nitrogen and oxygen atoms in total. The summed E-state index contributed by atoms with van der Waals surface area (Å²) in [4.78, 5) is 36.6. The second kappa shape index (κ2) is 33.9. The summed E-state index contributed by atoms with van der Waals surface area (Å²) < 4.78 is 16.9. The highest BCUT2D eigenvalue weighted by atomic mass is 16.6. The molecule has 0 heterocycles. The van der Waals surface area contributed by atoms with Crippen molar-refractivity contribution in [1.82, 2.24) is 0 Å². The van der Waals surface area contributed by atoms with E-state index in [2.05, 4.69) is 32.1 Å². The molecule has 0 aromatic carbocycles. The molecule has 8 heteroatoms. The van der Waals surface area contributed by atoms with Crippen LogP contribution in [0.4, 0.5) is 0 Å². The number of nitrogens with zero attached hydrogens (tertiary/aromatic N) is 1. The molecule has 0 bridgehead atoms. The minimum atomic E-state index is -1.15. The highest BCUT2D eigenvalue weighted by molar-refractivity contribution is 5.70. The van der Waals surface area contributed by atoms with Crippen molar-refractivity contribution < 1.29 is 38.2 Å². The zero-order valence-corrected chi connectivity index (χ0v) is 32.4. The number of hydrogen-bond acceptors (Lipinski definition) is 7.